The van der Waals surface area contributed by atoms with Gasteiger partial charge in [-0.1, -0.05) is 59.7 Å². The third-order valence-corrected chi connectivity index (χ3v) is 7.93. The van der Waals surface area contributed by atoms with Crippen molar-refractivity contribution in [1.82, 2.24) is 0 Å². The molecule has 0 fully saturated rings. The van der Waals surface area contributed by atoms with E-state index in [2.05, 4.69) is 64.1 Å². The van der Waals surface area contributed by atoms with Crippen LogP contribution in [0.4, 0.5) is 0 Å². The summed E-state index contributed by atoms with van der Waals surface area (Å²) < 4.78 is 11.9. The minimum atomic E-state index is -0.782. The number of benzene rings is 4. The maximum Gasteiger partial charge on any atom is 0.168 e. The van der Waals surface area contributed by atoms with Gasteiger partial charge in [0.15, 0.2) is 5.79 Å². The number of rotatable bonds is 10. The molecule has 4 aromatic carbocycles. The smallest absolute Gasteiger partial charge is 0.168 e. The third-order valence-electron chi connectivity index (χ3n) is 7.93. The van der Waals surface area contributed by atoms with Crippen LogP contribution in [0.3, 0.4) is 0 Å². The molecule has 0 aliphatic rings. The van der Waals surface area contributed by atoms with Crippen molar-refractivity contribution in [2.24, 2.45) is 0 Å². The number of hydrogen-bond acceptors (Lipinski definition) is 4. The summed E-state index contributed by atoms with van der Waals surface area (Å²) in [5, 5.41) is 21.6. The van der Waals surface area contributed by atoms with Crippen molar-refractivity contribution in [3.05, 3.63) is 106 Å². The van der Waals surface area contributed by atoms with Gasteiger partial charge >= 0.3 is 0 Å². The largest absolute Gasteiger partial charge is 0.507 e. The predicted molar refractivity (Wildman–Crippen MR) is 159 cm³/mol. The minimum absolute atomic E-state index is 0.277. The van der Waals surface area contributed by atoms with Crippen LogP contribution in [-0.2, 0) is 22.3 Å². The lowest BCUT2D eigenvalue weighted by Gasteiger charge is -2.32. The van der Waals surface area contributed by atoms with Crippen LogP contribution in [0.5, 0.6) is 11.5 Å². The maximum absolute atomic E-state index is 10.8. The molecule has 39 heavy (non-hydrogen) atoms. The fourth-order valence-corrected chi connectivity index (χ4v) is 5.21. The summed E-state index contributed by atoms with van der Waals surface area (Å²) in [6.07, 6.45) is 2.67. The quantitative estimate of drug-likeness (QED) is 0.205. The van der Waals surface area contributed by atoms with Gasteiger partial charge in [-0.15, -0.1) is 0 Å². The number of methoxy groups -OCH3 is 2. The summed E-state index contributed by atoms with van der Waals surface area (Å²) in [4.78, 5) is 0. The molecule has 204 valence electrons. The van der Waals surface area contributed by atoms with E-state index in [4.69, 9.17) is 9.47 Å². The normalized spacial score (nSPS) is 11.6. The van der Waals surface area contributed by atoms with Crippen LogP contribution in [0.2, 0.25) is 0 Å². The fraction of sp³-hybridized carbons (Fsp3) is 0.314. The van der Waals surface area contributed by atoms with E-state index in [0.29, 0.717) is 25.7 Å². The Kier molecular flexibility index (Phi) is 8.79. The van der Waals surface area contributed by atoms with Crippen molar-refractivity contribution in [2.75, 3.05) is 14.2 Å². The molecule has 0 radical (unpaired) electrons. The second-order valence-corrected chi connectivity index (χ2v) is 10.6. The molecule has 4 aromatic rings. The molecule has 0 aliphatic heterocycles. The molecule has 0 heterocycles. The van der Waals surface area contributed by atoms with Gasteiger partial charge in [-0.2, -0.15) is 0 Å². The van der Waals surface area contributed by atoms with Crippen LogP contribution < -0.4 is 0 Å². The summed E-state index contributed by atoms with van der Waals surface area (Å²) in [6.45, 7) is 8.27. The number of phenols is 2. The minimum Gasteiger partial charge on any atom is -0.507 e. The van der Waals surface area contributed by atoms with E-state index in [1.54, 1.807) is 14.2 Å². The van der Waals surface area contributed by atoms with Crippen molar-refractivity contribution in [3.8, 4) is 33.8 Å². The van der Waals surface area contributed by atoms with E-state index in [0.717, 1.165) is 44.5 Å². The highest BCUT2D eigenvalue weighted by molar-refractivity contribution is 5.72. The Morgan fingerprint density at radius 1 is 0.564 bits per heavy atom. The zero-order valence-electron chi connectivity index (χ0n) is 24.0. The van der Waals surface area contributed by atoms with Gasteiger partial charge in [-0.05, 0) is 98.2 Å². The van der Waals surface area contributed by atoms with Gasteiger partial charge < -0.3 is 19.7 Å². The van der Waals surface area contributed by atoms with Crippen LogP contribution in [0.25, 0.3) is 22.3 Å². The van der Waals surface area contributed by atoms with Crippen molar-refractivity contribution < 1.29 is 19.7 Å². The average Bonchev–Trinajstić information content (AvgIpc) is 2.93. The number of phenolic OH excluding ortho intramolecular Hbond substituents is 2. The monoisotopic (exact) mass is 524 g/mol. The lowest BCUT2D eigenvalue weighted by molar-refractivity contribution is -0.214. The SMILES string of the molecule is COC(CCc1cc(O)c(-c2ccc(C)cc2)cc1C)(CCc1cc(O)c(-c2ccc(C)cc2)cc1C)OC. The second-order valence-electron chi connectivity index (χ2n) is 10.6. The van der Waals surface area contributed by atoms with Crippen LogP contribution in [-0.4, -0.2) is 30.2 Å². The van der Waals surface area contributed by atoms with Crippen molar-refractivity contribution >= 4 is 0 Å². The molecule has 0 atom stereocenters. The Balaban J connectivity index is 1.48. The molecule has 4 rings (SSSR count). The van der Waals surface area contributed by atoms with Gasteiger partial charge in [0.25, 0.3) is 0 Å². The molecule has 0 spiro atoms. The summed E-state index contributed by atoms with van der Waals surface area (Å²) in [5.74, 6) is -0.227. The van der Waals surface area contributed by atoms with E-state index < -0.39 is 5.79 Å². The first kappa shape index (κ1) is 28.4. The first-order chi connectivity index (χ1) is 18.6. The Hall–Kier alpha value is -3.60. The van der Waals surface area contributed by atoms with E-state index in [1.807, 2.05) is 36.4 Å². The van der Waals surface area contributed by atoms with E-state index in [9.17, 15) is 10.2 Å². The third kappa shape index (κ3) is 6.52. The number of hydrogen-bond donors (Lipinski definition) is 2. The summed E-state index contributed by atoms with van der Waals surface area (Å²) >= 11 is 0. The first-order valence-electron chi connectivity index (χ1n) is 13.5. The average molecular weight is 525 g/mol. The van der Waals surface area contributed by atoms with Crippen LogP contribution in [0.1, 0.15) is 46.2 Å². The summed E-state index contributed by atoms with van der Waals surface area (Å²) in [5.41, 5.74) is 10.4. The molecule has 0 saturated carbocycles. The molecule has 2 N–H and O–H groups in total. The molecule has 0 aromatic heterocycles. The molecule has 0 saturated heterocycles. The maximum atomic E-state index is 10.8. The van der Waals surface area contributed by atoms with Crippen LogP contribution in [0, 0.1) is 27.7 Å². The topological polar surface area (TPSA) is 58.9 Å². The molecule has 4 nitrogen and oxygen atoms in total. The molecule has 0 bridgehead atoms. The molecule has 4 heteroatoms. The lowest BCUT2D eigenvalue weighted by atomic mass is 9.91. The van der Waals surface area contributed by atoms with E-state index in [-0.39, 0.29) is 11.5 Å². The second kappa shape index (κ2) is 12.1. The Morgan fingerprint density at radius 3 is 1.26 bits per heavy atom. The van der Waals surface area contributed by atoms with Crippen molar-refractivity contribution in [2.45, 2.75) is 59.2 Å². The van der Waals surface area contributed by atoms with E-state index in [1.165, 1.54) is 11.1 Å². The molecular formula is C35H40O4. The predicted octanol–water partition coefficient (Wildman–Crippen LogP) is 8.22. The van der Waals surface area contributed by atoms with Gasteiger partial charge in [-0.25, -0.2) is 0 Å². The zero-order chi connectivity index (χ0) is 28.2. The van der Waals surface area contributed by atoms with Crippen LogP contribution >= 0.6 is 0 Å². The van der Waals surface area contributed by atoms with Gasteiger partial charge in [0.05, 0.1) is 0 Å². The fourth-order valence-electron chi connectivity index (χ4n) is 5.21. The highest BCUT2D eigenvalue weighted by Gasteiger charge is 2.30. The molecule has 0 unspecified atom stereocenters. The molecule has 0 amide bonds. The summed E-state index contributed by atoms with van der Waals surface area (Å²) in [6, 6.07) is 24.2. The Bertz CT molecular complexity index is 1310. The highest BCUT2D eigenvalue weighted by Crippen LogP contribution is 2.36. The Morgan fingerprint density at radius 2 is 0.923 bits per heavy atom. The van der Waals surface area contributed by atoms with Gasteiger partial charge in [0.2, 0.25) is 0 Å². The lowest BCUT2D eigenvalue weighted by Crippen LogP contribution is -2.35. The number of ether oxygens (including phenoxy) is 2. The van der Waals surface area contributed by atoms with Crippen molar-refractivity contribution in [3.63, 3.8) is 0 Å². The Labute approximate surface area is 232 Å². The first-order valence-corrected chi connectivity index (χ1v) is 13.5. The summed E-state index contributed by atoms with van der Waals surface area (Å²) in [7, 11) is 3.36. The van der Waals surface area contributed by atoms with Gasteiger partial charge in [0.1, 0.15) is 11.5 Å². The molecule has 0 aliphatic carbocycles. The zero-order valence-corrected chi connectivity index (χ0v) is 24.0. The molecular weight excluding hydrogens is 484 g/mol. The van der Waals surface area contributed by atoms with Gasteiger partial charge in [0, 0.05) is 38.2 Å². The number of aromatic hydroxyl groups is 2. The highest BCUT2D eigenvalue weighted by atomic mass is 16.7. The van der Waals surface area contributed by atoms with Gasteiger partial charge in [-0.3, -0.25) is 0 Å². The van der Waals surface area contributed by atoms with E-state index >= 15 is 0 Å². The number of aryl methyl sites for hydroxylation is 6. The van der Waals surface area contributed by atoms with Crippen LogP contribution in [0.15, 0.2) is 72.8 Å². The van der Waals surface area contributed by atoms with Crippen molar-refractivity contribution in [1.29, 1.82) is 0 Å². The standard InChI is InChI=1S/C35H40O4/c1-23-7-11-27(12-8-23)31-19-25(3)29(21-33(31)36)15-17-35(38-5,39-6)18-16-30-22-34(37)32(20-26(30)4)28-13-9-24(2)10-14-28/h7-14,19-22,36-37H,15-18H2,1-6H3.